The van der Waals surface area contributed by atoms with E-state index in [2.05, 4.69) is 26.7 Å². The van der Waals surface area contributed by atoms with E-state index in [1.165, 1.54) is 10.4 Å². The number of aryl methyl sites for hydroxylation is 1. The molecule has 7 heteroatoms. The van der Waals surface area contributed by atoms with Crippen molar-refractivity contribution in [2.24, 2.45) is 4.99 Å². The predicted octanol–water partition coefficient (Wildman–Crippen LogP) is 2.99. The van der Waals surface area contributed by atoms with Crippen molar-refractivity contribution in [3.05, 3.63) is 45.9 Å². The minimum Gasteiger partial charge on any atom is -0.496 e. The van der Waals surface area contributed by atoms with Crippen LogP contribution >= 0.6 is 35.3 Å². The molecular weight excluding hydrogens is 423 g/mol. The van der Waals surface area contributed by atoms with Gasteiger partial charge in [0.05, 0.1) is 24.9 Å². The zero-order valence-corrected chi connectivity index (χ0v) is 16.8. The summed E-state index contributed by atoms with van der Waals surface area (Å²) in [6.07, 6.45) is 0.879. The number of benzene rings is 1. The number of aliphatic imine (C=N–C) groups is 1. The van der Waals surface area contributed by atoms with E-state index in [4.69, 9.17) is 4.74 Å². The van der Waals surface area contributed by atoms with E-state index in [1.54, 1.807) is 25.5 Å². The second-order valence-corrected chi connectivity index (χ2v) is 5.71. The molecule has 0 fully saturated rings. The number of thiazole rings is 1. The molecule has 0 spiro atoms. The first-order valence-electron chi connectivity index (χ1n) is 7.20. The molecule has 0 radical (unpaired) electrons. The van der Waals surface area contributed by atoms with Gasteiger partial charge in [0.1, 0.15) is 5.75 Å². The van der Waals surface area contributed by atoms with Gasteiger partial charge in [-0.05, 0) is 25.0 Å². The van der Waals surface area contributed by atoms with Crippen molar-refractivity contribution in [3.63, 3.8) is 0 Å². The Labute approximate surface area is 158 Å². The molecule has 0 atom stereocenters. The zero-order chi connectivity index (χ0) is 15.8. The SMILES string of the molecule is CN=C(NCCc1ccccc1OC)NCc1scnc1C.I. The summed E-state index contributed by atoms with van der Waals surface area (Å²) in [6.45, 7) is 3.55. The lowest BCUT2D eigenvalue weighted by atomic mass is 10.1. The van der Waals surface area contributed by atoms with Gasteiger partial charge in [0, 0.05) is 18.5 Å². The van der Waals surface area contributed by atoms with Crippen LogP contribution in [0, 0.1) is 6.92 Å². The van der Waals surface area contributed by atoms with Crippen LogP contribution in [0.2, 0.25) is 0 Å². The Hall–Kier alpha value is -1.35. The average molecular weight is 446 g/mol. The molecule has 0 unspecified atom stereocenters. The molecule has 0 saturated carbocycles. The van der Waals surface area contributed by atoms with Crippen LogP contribution in [-0.4, -0.2) is 31.6 Å². The molecule has 0 bridgehead atoms. The van der Waals surface area contributed by atoms with Gasteiger partial charge >= 0.3 is 0 Å². The largest absolute Gasteiger partial charge is 0.496 e. The van der Waals surface area contributed by atoms with E-state index in [1.807, 2.05) is 30.6 Å². The summed E-state index contributed by atoms with van der Waals surface area (Å²) in [5, 5.41) is 6.62. The standard InChI is InChI=1S/C16H22N4OS.HI/c1-12-15(22-11-20-12)10-19-16(17-2)18-9-8-13-6-4-5-7-14(13)21-3;/h4-7,11H,8-10H2,1-3H3,(H2,17,18,19);1H. The number of rotatable bonds is 6. The van der Waals surface area contributed by atoms with Crippen LogP contribution in [-0.2, 0) is 13.0 Å². The number of nitrogens with one attached hydrogen (secondary N) is 2. The average Bonchev–Trinajstić information content (AvgIpc) is 2.96. The van der Waals surface area contributed by atoms with E-state index in [0.29, 0.717) is 0 Å². The van der Waals surface area contributed by atoms with Gasteiger partial charge in [-0.25, -0.2) is 4.98 Å². The summed E-state index contributed by atoms with van der Waals surface area (Å²) < 4.78 is 5.36. The molecule has 0 aliphatic carbocycles. The quantitative estimate of drug-likeness (QED) is 0.407. The van der Waals surface area contributed by atoms with E-state index in [0.717, 1.165) is 36.9 Å². The monoisotopic (exact) mass is 446 g/mol. The topological polar surface area (TPSA) is 58.5 Å². The van der Waals surface area contributed by atoms with Gasteiger partial charge < -0.3 is 15.4 Å². The number of methoxy groups -OCH3 is 1. The maximum Gasteiger partial charge on any atom is 0.191 e. The molecule has 0 saturated heterocycles. The molecule has 2 aromatic rings. The molecule has 5 nitrogen and oxygen atoms in total. The van der Waals surface area contributed by atoms with E-state index >= 15 is 0 Å². The normalized spacial score (nSPS) is 10.8. The van der Waals surface area contributed by atoms with Crippen molar-refractivity contribution in [2.45, 2.75) is 19.9 Å². The Morgan fingerprint density at radius 1 is 1.30 bits per heavy atom. The maximum absolute atomic E-state index is 5.36. The van der Waals surface area contributed by atoms with Gasteiger partial charge in [-0.2, -0.15) is 0 Å². The van der Waals surface area contributed by atoms with Gasteiger partial charge in [-0.1, -0.05) is 18.2 Å². The summed E-state index contributed by atoms with van der Waals surface area (Å²) in [7, 11) is 3.47. The van der Waals surface area contributed by atoms with Gasteiger partial charge in [0.15, 0.2) is 5.96 Å². The van der Waals surface area contributed by atoms with Gasteiger partial charge in [-0.3, -0.25) is 4.99 Å². The smallest absolute Gasteiger partial charge is 0.191 e. The Bertz CT molecular complexity index is 630. The number of aromatic nitrogens is 1. The van der Waals surface area contributed by atoms with Crippen molar-refractivity contribution >= 4 is 41.3 Å². The molecule has 126 valence electrons. The predicted molar refractivity (Wildman–Crippen MR) is 107 cm³/mol. The molecule has 1 heterocycles. The summed E-state index contributed by atoms with van der Waals surface area (Å²) in [5.74, 6) is 1.72. The molecule has 2 N–H and O–H groups in total. The van der Waals surface area contributed by atoms with Crippen LogP contribution in [0.1, 0.15) is 16.1 Å². The van der Waals surface area contributed by atoms with Crippen molar-refractivity contribution in [1.82, 2.24) is 15.6 Å². The van der Waals surface area contributed by atoms with Crippen molar-refractivity contribution in [2.75, 3.05) is 20.7 Å². The fourth-order valence-corrected chi connectivity index (χ4v) is 2.82. The minimum atomic E-state index is 0. The Kier molecular flexibility index (Phi) is 8.93. The van der Waals surface area contributed by atoms with E-state index in [-0.39, 0.29) is 24.0 Å². The lowest BCUT2D eigenvalue weighted by Gasteiger charge is -2.12. The van der Waals surface area contributed by atoms with Gasteiger partial charge in [-0.15, -0.1) is 35.3 Å². The Morgan fingerprint density at radius 3 is 2.74 bits per heavy atom. The fraction of sp³-hybridized carbons (Fsp3) is 0.375. The second kappa shape index (κ2) is 10.4. The molecule has 0 amide bonds. The number of guanidine groups is 1. The number of nitrogens with zero attached hydrogens (tertiary/aromatic N) is 2. The molecule has 1 aromatic heterocycles. The van der Waals surface area contributed by atoms with Crippen LogP contribution in [0.4, 0.5) is 0 Å². The first kappa shape index (κ1) is 19.7. The first-order chi connectivity index (χ1) is 10.7. The third kappa shape index (κ3) is 5.98. The molecule has 0 aliphatic heterocycles. The maximum atomic E-state index is 5.36. The molecule has 0 aliphatic rings. The van der Waals surface area contributed by atoms with Crippen LogP contribution in [0.15, 0.2) is 34.8 Å². The third-order valence-corrected chi connectivity index (χ3v) is 4.30. The molecule has 2 rings (SSSR count). The first-order valence-corrected chi connectivity index (χ1v) is 8.08. The number of para-hydroxylation sites is 1. The van der Waals surface area contributed by atoms with Crippen LogP contribution in [0.3, 0.4) is 0 Å². The Morgan fingerprint density at radius 2 is 2.09 bits per heavy atom. The van der Waals surface area contributed by atoms with Crippen LogP contribution in [0.5, 0.6) is 5.75 Å². The van der Waals surface area contributed by atoms with Gasteiger partial charge in [0.25, 0.3) is 0 Å². The molecule has 1 aromatic carbocycles. The lowest BCUT2D eigenvalue weighted by Crippen LogP contribution is -2.37. The second-order valence-electron chi connectivity index (χ2n) is 4.78. The third-order valence-electron chi connectivity index (χ3n) is 3.36. The van der Waals surface area contributed by atoms with Crippen molar-refractivity contribution in [3.8, 4) is 5.75 Å². The molecular formula is C16H23IN4OS. The highest BCUT2D eigenvalue weighted by atomic mass is 127. The highest BCUT2D eigenvalue weighted by Gasteiger charge is 2.04. The van der Waals surface area contributed by atoms with E-state index in [9.17, 15) is 0 Å². The summed E-state index contributed by atoms with van der Waals surface area (Å²) in [5.41, 5.74) is 4.12. The number of ether oxygens (including phenoxy) is 1. The van der Waals surface area contributed by atoms with Crippen molar-refractivity contribution in [1.29, 1.82) is 0 Å². The lowest BCUT2D eigenvalue weighted by molar-refractivity contribution is 0.409. The van der Waals surface area contributed by atoms with Crippen molar-refractivity contribution < 1.29 is 4.74 Å². The van der Waals surface area contributed by atoms with Crippen LogP contribution < -0.4 is 15.4 Å². The van der Waals surface area contributed by atoms with Gasteiger partial charge in [0.2, 0.25) is 0 Å². The highest BCUT2D eigenvalue weighted by molar-refractivity contribution is 14.0. The fourth-order valence-electron chi connectivity index (χ4n) is 2.11. The number of hydrogen-bond donors (Lipinski definition) is 2. The van der Waals surface area contributed by atoms with Crippen LogP contribution in [0.25, 0.3) is 0 Å². The van der Waals surface area contributed by atoms with E-state index < -0.39 is 0 Å². The highest BCUT2D eigenvalue weighted by Crippen LogP contribution is 2.17. The Balaban J connectivity index is 0.00000264. The minimum absolute atomic E-state index is 0. The number of hydrogen-bond acceptors (Lipinski definition) is 4. The zero-order valence-electron chi connectivity index (χ0n) is 13.6. The number of halogens is 1. The molecule has 23 heavy (non-hydrogen) atoms. The summed E-state index contributed by atoms with van der Waals surface area (Å²) >= 11 is 1.65. The summed E-state index contributed by atoms with van der Waals surface area (Å²) in [4.78, 5) is 9.71. The summed E-state index contributed by atoms with van der Waals surface area (Å²) in [6, 6.07) is 8.07.